The average molecular weight is 399 g/mol. The summed E-state index contributed by atoms with van der Waals surface area (Å²) in [5.41, 5.74) is 3.48. The summed E-state index contributed by atoms with van der Waals surface area (Å²) in [6, 6.07) is 18.4. The van der Waals surface area contributed by atoms with E-state index in [-0.39, 0.29) is 5.91 Å². The van der Waals surface area contributed by atoms with Crippen molar-refractivity contribution in [3.05, 3.63) is 65.7 Å². The standard InChI is InChI=1S/C20H22N4OS2/c1-15-9-11-17(12-10-15)22-19-23-24-20(27-19)26-14-18(25)21-13-5-8-16-6-3-2-4-7-16/h2-4,6-7,9-12H,5,8,13-14H2,1H3,(H,21,25)(H,22,23). The summed E-state index contributed by atoms with van der Waals surface area (Å²) in [6.45, 7) is 2.74. The first-order chi connectivity index (χ1) is 13.2. The van der Waals surface area contributed by atoms with Gasteiger partial charge in [0.15, 0.2) is 4.34 Å². The summed E-state index contributed by atoms with van der Waals surface area (Å²) < 4.78 is 0.782. The Labute approximate surface area is 167 Å². The molecule has 27 heavy (non-hydrogen) atoms. The number of nitrogens with one attached hydrogen (secondary N) is 2. The lowest BCUT2D eigenvalue weighted by Gasteiger charge is -2.04. The van der Waals surface area contributed by atoms with Crippen LogP contribution in [0.4, 0.5) is 10.8 Å². The van der Waals surface area contributed by atoms with E-state index in [2.05, 4.69) is 39.9 Å². The Kier molecular flexibility index (Phi) is 7.24. The summed E-state index contributed by atoms with van der Waals surface area (Å²) in [7, 11) is 0. The lowest BCUT2D eigenvalue weighted by molar-refractivity contribution is -0.118. The number of thioether (sulfide) groups is 1. The fourth-order valence-corrected chi connectivity index (χ4v) is 4.02. The van der Waals surface area contributed by atoms with Crippen molar-refractivity contribution in [1.82, 2.24) is 15.5 Å². The molecule has 0 bridgehead atoms. The van der Waals surface area contributed by atoms with E-state index in [9.17, 15) is 4.79 Å². The van der Waals surface area contributed by atoms with Crippen molar-refractivity contribution in [2.45, 2.75) is 24.1 Å². The van der Waals surface area contributed by atoms with Crippen LogP contribution in [0.2, 0.25) is 0 Å². The highest BCUT2D eigenvalue weighted by Crippen LogP contribution is 2.27. The predicted octanol–water partition coefficient (Wildman–Crippen LogP) is 4.43. The molecular formula is C20H22N4OS2. The molecule has 0 saturated heterocycles. The van der Waals surface area contributed by atoms with Gasteiger partial charge in [0, 0.05) is 12.2 Å². The third-order valence-electron chi connectivity index (χ3n) is 3.84. The van der Waals surface area contributed by atoms with Crippen LogP contribution in [-0.2, 0) is 11.2 Å². The zero-order chi connectivity index (χ0) is 18.9. The molecule has 0 atom stereocenters. The monoisotopic (exact) mass is 398 g/mol. The van der Waals surface area contributed by atoms with Crippen molar-refractivity contribution in [3.63, 3.8) is 0 Å². The van der Waals surface area contributed by atoms with E-state index in [0.29, 0.717) is 12.3 Å². The molecule has 0 spiro atoms. The van der Waals surface area contributed by atoms with Crippen LogP contribution in [0.15, 0.2) is 58.9 Å². The van der Waals surface area contributed by atoms with Gasteiger partial charge in [-0.25, -0.2) is 0 Å². The Hall–Kier alpha value is -2.38. The Balaban J connectivity index is 1.35. The van der Waals surface area contributed by atoms with Gasteiger partial charge in [-0.2, -0.15) is 0 Å². The fraction of sp³-hybridized carbons (Fsp3) is 0.250. The maximum atomic E-state index is 12.0. The maximum Gasteiger partial charge on any atom is 0.230 e. The topological polar surface area (TPSA) is 66.9 Å². The number of hydrogen-bond acceptors (Lipinski definition) is 6. The van der Waals surface area contributed by atoms with Gasteiger partial charge in [-0.15, -0.1) is 10.2 Å². The first-order valence-corrected chi connectivity index (χ1v) is 10.6. The molecule has 140 valence electrons. The van der Waals surface area contributed by atoms with E-state index < -0.39 is 0 Å². The quantitative estimate of drug-likeness (QED) is 0.412. The van der Waals surface area contributed by atoms with Crippen LogP contribution in [0, 0.1) is 6.92 Å². The van der Waals surface area contributed by atoms with Gasteiger partial charge in [0.05, 0.1) is 5.75 Å². The summed E-state index contributed by atoms with van der Waals surface area (Å²) >= 11 is 2.86. The van der Waals surface area contributed by atoms with Gasteiger partial charge < -0.3 is 10.6 Å². The lowest BCUT2D eigenvalue weighted by atomic mass is 10.1. The average Bonchev–Trinajstić information content (AvgIpc) is 3.14. The number of anilines is 2. The van der Waals surface area contributed by atoms with Gasteiger partial charge in [0.2, 0.25) is 11.0 Å². The number of aryl methyl sites for hydroxylation is 2. The van der Waals surface area contributed by atoms with E-state index in [1.165, 1.54) is 34.2 Å². The number of rotatable bonds is 9. The smallest absolute Gasteiger partial charge is 0.230 e. The minimum atomic E-state index is 0.0244. The minimum absolute atomic E-state index is 0.0244. The van der Waals surface area contributed by atoms with E-state index in [1.54, 1.807) is 0 Å². The zero-order valence-electron chi connectivity index (χ0n) is 15.1. The molecule has 0 radical (unpaired) electrons. The largest absolute Gasteiger partial charge is 0.355 e. The van der Waals surface area contributed by atoms with Crippen LogP contribution >= 0.6 is 23.1 Å². The molecule has 2 aromatic carbocycles. The number of nitrogens with zero attached hydrogens (tertiary/aromatic N) is 2. The molecule has 0 aliphatic heterocycles. The molecule has 0 unspecified atom stereocenters. The molecule has 0 fully saturated rings. The van der Waals surface area contributed by atoms with E-state index in [1.807, 2.05) is 42.5 Å². The van der Waals surface area contributed by atoms with Gasteiger partial charge >= 0.3 is 0 Å². The summed E-state index contributed by atoms with van der Waals surface area (Å²) in [5, 5.41) is 15.2. The molecule has 1 amide bonds. The van der Waals surface area contributed by atoms with Crippen LogP contribution in [0.3, 0.4) is 0 Å². The second-order valence-electron chi connectivity index (χ2n) is 6.09. The number of carbonyl (C=O) groups excluding carboxylic acids is 1. The predicted molar refractivity (Wildman–Crippen MR) is 113 cm³/mol. The van der Waals surface area contributed by atoms with Gasteiger partial charge in [0.25, 0.3) is 0 Å². The van der Waals surface area contributed by atoms with Crippen molar-refractivity contribution in [3.8, 4) is 0 Å². The molecule has 1 heterocycles. The zero-order valence-corrected chi connectivity index (χ0v) is 16.8. The molecule has 3 aromatic rings. The number of hydrogen-bond donors (Lipinski definition) is 2. The Morgan fingerprint density at radius 3 is 2.63 bits per heavy atom. The van der Waals surface area contributed by atoms with Crippen LogP contribution in [0.5, 0.6) is 0 Å². The third-order valence-corrected chi connectivity index (χ3v) is 5.82. The summed E-state index contributed by atoms with van der Waals surface area (Å²) in [4.78, 5) is 12.0. The van der Waals surface area contributed by atoms with Crippen molar-refractivity contribution >= 4 is 39.8 Å². The van der Waals surface area contributed by atoms with Gasteiger partial charge in [-0.05, 0) is 37.5 Å². The van der Waals surface area contributed by atoms with Crippen molar-refractivity contribution in [2.24, 2.45) is 0 Å². The Morgan fingerprint density at radius 2 is 1.85 bits per heavy atom. The van der Waals surface area contributed by atoms with Gasteiger partial charge in [-0.1, -0.05) is 71.1 Å². The highest BCUT2D eigenvalue weighted by molar-refractivity contribution is 8.01. The summed E-state index contributed by atoms with van der Waals surface area (Å²) in [6.07, 6.45) is 1.91. The number of carbonyl (C=O) groups is 1. The number of aromatic nitrogens is 2. The van der Waals surface area contributed by atoms with Gasteiger partial charge in [-0.3, -0.25) is 4.79 Å². The van der Waals surface area contributed by atoms with E-state index in [4.69, 9.17) is 0 Å². The van der Waals surface area contributed by atoms with Crippen LogP contribution < -0.4 is 10.6 Å². The number of amides is 1. The minimum Gasteiger partial charge on any atom is -0.355 e. The highest BCUT2D eigenvalue weighted by atomic mass is 32.2. The molecule has 0 aliphatic carbocycles. The highest BCUT2D eigenvalue weighted by Gasteiger charge is 2.08. The first-order valence-electron chi connectivity index (χ1n) is 8.80. The molecular weight excluding hydrogens is 376 g/mol. The molecule has 7 heteroatoms. The maximum absolute atomic E-state index is 12.0. The van der Waals surface area contributed by atoms with Crippen LogP contribution in [-0.4, -0.2) is 28.4 Å². The van der Waals surface area contributed by atoms with Crippen LogP contribution in [0.25, 0.3) is 0 Å². The second kappa shape index (κ2) is 10.1. The lowest BCUT2D eigenvalue weighted by Crippen LogP contribution is -2.26. The van der Waals surface area contributed by atoms with Crippen molar-refractivity contribution < 1.29 is 4.79 Å². The van der Waals surface area contributed by atoms with Crippen molar-refractivity contribution in [2.75, 3.05) is 17.6 Å². The molecule has 2 N–H and O–H groups in total. The molecule has 0 saturated carbocycles. The van der Waals surface area contributed by atoms with Crippen molar-refractivity contribution in [1.29, 1.82) is 0 Å². The molecule has 5 nitrogen and oxygen atoms in total. The van der Waals surface area contributed by atoms with Gasteiger partial charge in [0.1, 0.15) is 0 Å². The SMILES string of the molecule is Cc1ccc(Nc2nnc(SCC(=O)NCCCc3ccccc3)s2)cc1. The third kappa shape index (κ3) is 6.69. The normalized spacial score (nSPS) is 10.6. The van der Waals surface area contributed by atoms with E-state index >= 15 is 0 Å². The number of benzene rings is 2. The molecule has 1 aromatic heterocycles. The second-order valence-corrected chi connectivity index (χ2v) is 8.29. The molecule has 3 rings (SSSR count). The first kappa shape index (κ1) is 19.4. The molecule has 0 aliphatic rings. The van der Waals surface area contributed by atoms with E-state index in [0.717, 1.165) is 28.0 Å². The summed E-state index contributed by atoms with van der Waals surface area (Å²) in [5.74, 6) is 0.376. The Bertz CT molecular complexity index is 850. The van der Waals surface area contributed by atoms with Crippen LogP contribution in [0.1, 0.15) is 17.5 Å². The Morgan fingerprint density at radius 1 is 1.07 bits per heavy atom. The fourth-order valence-electron chi connectivity index (χ4n) is 2.42.